The molecule has 13 rings (SSSR count). The van der Waals surface area contributed by atoms with E-state index in [4.69, 9.17) is 14.7 Å². The van der Waals surface area contributed by atoms with Gasteiger partial charge in [0.2, 0.25) is 0 Å². The first-order valence-electron chi connectivity index (χ1n) is 24.3. The van der Waals surface area contributed by atoms with E-state index in [1.165, 1.54) is 44.8 Å². The van der Waals surface area contributed by atoms with Crippen LogP contribution in [0.15, 0.2) is 170 Å². The smallest absolute Gasteiger partial charge is 0.137 e. The van der Waals surface area contributed by atoms with Crippen LogP contribution in [0.1, 0.15) is 63.4 Å². The molecular weight excluding hydrogens is 847 g/mol. The Bertz CT molecular complexity index is 3630. The minimum atomic E-state index is -0.397. The van der Waals surface area contributed by atoms with E-state index in [1.54, 1.807) is 0 Å². The van der Waals surface area contributed by atoms with Crippen molar-refractivity contribution in [1.82, 2.24) is 19.1 Å². The quantitative estimate of drug-likeness (QED) is 0.151. The summed E-state index contributed by atoms with van der Waals surface area (Å²) in [7, 11) is 0. The maximum absolute atomic E-state index is 9.90. The number of hydrogen-bond acceptors (Lipinski definition) is 6. The Morgan fingerprint density at radius 3 is 2.07 bits per heavy atom. The fourth-order valence-electron chi connectivity index (χ4n) is 10.9. The molecule has 0 N–H and O–H groups in total. The number of hydrogen-bond donors (Lipinski definition) is 0. The molecule has 3 aliphatic rings. The van der Waals surface area contributed by atoms with Gasteiger partial charge in [-0.15, -0.1) is 0 Å². The van der Waals surface area contributed by atoms with Gasteiger partial charge in [-0.1, -0.05) is 124 Å². The molecule has 1 fully saturated rings. The van der Waals surface area contributed by atoms with Crippen molar-refractivity contribution >= 4 is 55.6 Å². The third-order valence-electron chi connectivity index (χ3n) is 14.7. The summed E-state index contributed by atoms with van der Waals surface area (Å²) in [5, 5.41) is 12.2. The van der Waals surface area contributed by atoms with Crippen LogP contribution >= 0.6 is 0 Å². The van der Waals surface area contributed by atoms with Crippen LogP contribution in [0.25, 0.3) is 60.9 Å². The highest BCUT2D eigenvalue weighted by molar-refractivity contribution is 6.09. The molecule has 0 saturated heterocycles. The van der Waals surface area contributed by atoms with Gasteiger partial charge in [0.1, 0.15) is 29.8 Å². The molecule has 7 aromatic carbocycles. The third kappa shape index (κ3) is 6.86. The lowest BCUT2D eigenvalue weighted by molar-refractivity contribution is 0.479. The van der Waals surface area contributed by atoms with Gasteiger partial charge in [0.25, 0.3) is 0 Å². The van der Waals surface area contributed by atoms with Gasteiger partial charge in [-0.2, -0.15) is 5.26 Å². The number of nitriles is 1. The van der Waals surface area contributed by atoms with E-state index in [2.05, 4.69) is 210 Å². The molecule has 3 aromatic heterocycles. The van der Waals surface area contributed by atoms with E-state index < -0.39 is 5.41 Å². The van der Waals surface area contributed by atoms with E-state index in [0.717, 1.165) is 106 Å². The topological polar surface area (TPSA) is 75.1 Å². The Morgan fingerprint density at radius 1 is 0.638 bits per heavy atom. The fourth-order valence-corrected chi connectivity index (χ4v) is 10.9. The minimum Gasteiger partial charge on any atom is -0.457 e. The molecule has 69 heavy (non-hydrogen) atoms. The lowest BCUT2D eigenvalue weighted by Gasteiger charge is -2.28. The normalized spacial score (nSPS) is 15.1. The maximum Gasteiger partial charge on any atom is 0.137 e. The van der Waals surface area contributed by atoms with E-state index >= 15 is 0 Å². The fraction of sp³-hybridized carbons (Fsp3) is 0.197. The Labute approximate surface area is 402 Å². The molecule has 1 aliphatic carbocycles. The summed E-state index contributed by atoms with van der Waals surface area (Å²) in [6.45, 7) is 8.37. The number of rotatable bonds is 8. The van der Waals surface area contributed by atoms with E-state index in [-0.39, 0.29) is 5.41 Å². The summed E-state index contributed by atoms with van der Waals surface area (Å²) in [4.78, 5) is 15.2. The number of fused-ring (bicyclic) bond motifs is 7. The first-order chi connectivity index (χ1) is 33.7. The molecule has 0 unspecified atom stereocenters. The van der Waals surface area contributed by atoms with Crippen molar-refractivity contribution in [3.05, 3.63) is 187 Å². The minimum absolute atomic E-state index is 0.178. The van der Waals surface area contributed by atoms with Crippen LogP contribution in [0.2, 0.25) is 0 Å². The second-order valence-corrected chi connectivity index (χ2v) is 20.1. The van der Waals surface area contributed by atoms with Gasteiger partial charge in [0.05, 0.1) is 50.6 Å². The zero-order chi connectivity index (χ0) is 46.4. The van der Waals surface area contributed by atoms with Crippen LogP contribution in [0.4, 0.5) is 22.7 Å². The molecular formula is C61H51N7O. The highest BCUT2D eigenvalue weighted by Crippen LogP contribution is 2.53. The van der Waals surface area contributed by atoms with Gasteiger partial charge in [-0.3, -0.25) is 4.57 Å². The standard InChI is InChI=1S/C61H51N7O/c1-60(2,3)43-31-44(33-46(32-43)69-45-25-26-50-49-19-10-11-22-52(49)68(53(50)34-45)57-27-24-42(37-63-57)61(38-62)28-29-61)66-39-67(56-36-54-51(35-55(56)66)64-58-23-12-13-30-65(54)58)59-47(40-15-6-4-7-16-40)20-14-21-48(59)41-17-8-5-9-18-41/h4-11,14-22,24-27,31-37H,12-13,23,28-30,39H2,1-3H3. The SMILES string of the molecule is CC(C)(C)c1cc(Oc2ccc3c4ccccc4n(-c4ccc(C5(C#N)CC5)cn4)c3c2)cc(N2CN(c3c(-c4ccccc4)cccc3-c3ccccc3)c3cc4c(cc32)nc2n4CCCC2)c1. The molecule has 0 spiro atoms. The third-order valence-corrected chi connectivity index (χ3v) is 14.7. The van der Waals surface area contributed by atoms with Crippen LogP contribution < -0.4 is 14.5 Å². The zero-order valence-electron chi connectivity index (χ0n) is 39.2. The lowest BCUT2D eigenvalue weighted by atomic mass is 9.86. The van der Waals surface area contributed by atoms with Crippen molar-refractivity contribution in [2.45, 2.75) is 70.3 Å². The Morgan fingerprint density at radius 2 is 1.36 bits per heavy atom. The van der Waals surface area contributed by atoms with Gasteiger partial charge in [-0.05, 0) is 102 Å². The molecule has 336 valence electrons. The average molecular weight is 898 g/mol. The number of nitrogens with zero attached hydrogens (tertiary/aromatic N) is 7. The summed E-state index contributed by atoms with van der Waals surface area (Å²) in [6.07, 6.45) is 6.97. The van der Waals surface area contributed by atoms with Crippen molar-refractivity contribution < 1.29 is 4.74 Å². The number of aromatic nitrogens is 4. The molecule has 2 aliphatic heterocycles. The maximum atomic E-state index is 9.90. The molecule has 5 heterocycles. The van der Waals surface area contributed by atoms with Crippen LogP contribution in [-0.4, -0.2) is 25.8 Å². The molecule has 10 aromatic rings. The van der Waals surface area contributed by atoms with Crippen LogP contribution in [0, 0.1) is 11.3 Å². The Hall–Kier alpha value is -8.15. The predicted molar refractivity (Wildman–Crippen MR) is 279 cm³/mol. The second kappa shape index (κ2) is 15.7. The van der Waals surface area contributed by atoms with E-state index in [1.807, 2.05) is 6.20 Å². The van der Waals surface area contributed by atoms with Crippen LogP contribution in [-0.2, 0) is 23.8 Å². The zero-order valence-corrected chi connectivity index (χ0v) is 39.2. The van der Waals surface area contributed by atoms with Crippen LogP contribution in [0.3, 0.4) is 0 Å². The largest absolute Gasteiger partial charge is 0.457 e. The Kier molecular flexibility index (Phi) is 9.35. The predicted octanol–water partition coefficient (Wildman–Crippen LogP) is 15.1. The first kappa shape index (κ1) is 41.1. The number of ether oxygens (including phenoxy) is 1. The summed E-state index contributed by atoms with van der Waals surface area (Å²) in [6, 6.07) is 61.3. The summed E-state index contributed by atoms with van der Waals surface area (Å²) in [5.74, 6) is 3.48. The first-order valence-corrected chi connectivity index (χ1v) is 24.3. The lowest BCUT2D eigenvalue weighted by Crippen LogP contribution is -2.25. The number of pyridine rings is 1. The van der Waals surface area contributed by atoms with Gasteiger partial charge < -0.3 is 19.1 Å². The van der Waals surface area contributed by atoms with Crippen molar-refractivity contribution in [1.29, 1.82) is 5.26 Å². The van der Waals surface area contributed by atoms with E-state index in [9.17, 15) is 5.26 Å². The highest BCUT2D eigenvalue weighted by Gasteiger charge is 2.45. The molecule has 8 heteroatoms. The number of anilines is 4. The summed E-state index contributed by atoms with van der Waals surface area (Å²) < 4.78 is 11.7. The van der Waals surface area contributed by atoms with Crippen LogP contribution in [0.5, 0.6) is 11.5 Å². The van der Waals surface area contributed by atoms with Gasteiger partial charge in [0.15, 0.2) is 0 Å². The number of aryl methyl sites for hydroxylation is 2. The monoisotopic (exact) mass is 897 g/mol. The van der Waals surface area contributed by atoms with Crippen molar-refractivity contribution in [3.63, 3.8) is 0 Å². The molecule has 0 amide bonds. The number of imidazole rings is 1. The Balaban J connectivity index is 0.958. The van der Waals surface area contributed by atoms with Crippen molar-refractivity contribution in [3.8, 4) is 45.6 Å². The molecule has 1 saturated carbocycles. The van der Waals surface area contributed by atoms with Crippen molar-refractivity contribution in [2.24, 2.45) is 0 Å². The highest BCUT2D eigenvalue weighted by atomic mass is 16.5. The number of para-hydroxylation sites is 2. The molecule has 0 bridgehead atoms. The van der Waals surface area contributed by atoms with Gasteiger partial charge in [0, 0.05) is 58.9 Å². The average Bonchev–Trinajstić information content (AvgIpc) is 3.84. The van der Waals surface area contributed by atoms with Crippen molar-refractivity contribution in [2.75, 3.05) is 16.5 Å². The second-order valence-electron chi connectivity index (χ2n) is 20.1. The molecule has 0 radical (unpaired) electrons. The molecule has 8 nitrogen and oxygen atoms in total. The molecule has 0 atom stereocenters. The van der Waals surface area contributed by atoms with E-state index in [0.29, 0.717) is 6.67 Å². The van der Waals surface area contributed by atoms with Gasteiger partial charge in [-0.25, -0.2) is 9.97 Å². The van der Waals surface area contributed by atoms with Gasteiger partial charge >= 0.3 is 0 Å². The number of benzene rings is 7. The summed E-state index contributed by atoms with van der Waals surface area (Å²) >= 11 is 0. The summed E-state index contributed by atoms with van der Waals surface area (Å²) in [5.41, 5.74) is 15.1.